The van der Waals surface area contributed by atoms with Gasteiger partial charge in [0.15, 0.2) is 0 Å². The minimum Gasteiger partial charge on any atom is -0.384 e. The molecule has 0 aliphatic rings. The van der Waals surface area contributed by atoms with Crippen LogP contribution in [0.4, 0.5) is 28.7 Å². The zero-order valence-corrected chi connectivity index (χ0v) is 14.8. The Hall–Kier alpha value is -3.79. The van der Waals surface area contributed by atoms with Crippen LogP contribution in [0.1, 0.15) is 0 Å². The van der Waals surface area contributed by atoms with Gasteiger partial charge in [0.1, 0.15) is 11.6 Å². The van der Waals surface area contributed by atoms with Crippen molar-refractivity contribution in [2.45, 2.75) is 0 Å². The van der Waals surface area contributed by atoms with Gasteiger partial charge in [0.2, 0.25) is 0 Å². The van der Waals surface area contributed by atoms with Crippen LogP contribution >= 0.6 is 0 Å². The zero-order valence-electron chi connectivity index (χ0n) is 14.8. The predicted molar refractivity (Wildman–Crippen MR) is 113 cm³/mol. The van der Waals surface area contributed by atoms with E-state index in [0.717, 1.165) is 28.2 Å². The molecular weight excluding hydrogens is 332 g/mol. The third-order valence-electron chi connectivity index (χ3n) is 4.41. The predicted octanol–water partition coefficient (Wildman–Crippen LogP) is 5.38. The van der Waals surface area contributed by atoms with Gasteiger partial charge in [-0.3, -0.25) is 0 Å². The van der Waals surface area contributed by atoms with Crippen LogP contribution in [-0.2, 0) is 0 Å². The fourth-order valence-electron chi connectivity index (χ4n) is 3.13. The molecule has 132 valence electrons. The van der Waals surface area contributed by atoms with Gasteiger partial charge in [-0.1, -0.05) is 48.5 Å². The fourth-order valence-corrected chi connectivity index (χ4v) is 3.13. The molecule has 3 aromatic carbocycles. The van der Waals surface area contributed by atoms with Crippen molar-refractivity contribution in [3.8, 4) is 11.1 Å². The monoisotopic (exact) mass is 352 g/mol. The van der Waals surface area contributed by atoms with Crippen molar-refractivity contribution < 1.29 is 0 Å². The maximum absolute atomic E-state index is 6.03. The molecule has 0 fully saturated rings. The van der Waals surface area contributed by atoms with Crippen LogP contribution in [0, 0.1) is 0 Å². The van der Waals surface area contributed by atoms with Gasteiger partial charge in [0.25, 0.3) is 0 Å². The van der Waals surface area contributed by atoms with Crippen LogP contribution in [0.25, 0.3) is 11.1 Å². The highest BCUT2D eigenvalue weighted by atomic mass is 15.1. The number of nitrogens with zero attached hydrogens (tertiary/aromatic N) is 2. The first-order chi connectivity index (χ1) is 13.2. The first-order valence-electron chi connectivity index (χ1n) is 8.75. The summed E-state index contributed by atoms with van der Waals surface area (Å²) < 4.78 is 0. The molecule has 0 amide bonds. The number of nitrogen functional groups attached to an aromatic ring is 2. The van der Waals surface area contributed by atoms with Gasteiger partial charge in [-0.15, -0.1) is 0 Å². The highest BCUT2D eigenvalue weighted by Gasteiger charge is 2.12. The van der Waals surface area contributed by atoms with Gasteiger partial charge in [-0.05, 0) is 54.1 Å². The average Bonchev–Trinajstić information content (AvgIpc) is 2.71. The molecule has 0 spiro atoms. The lowest BCUT2D eigenvalue weighted by Gasteiger charge is -2.25. The Kier molecular flexibility index (Phi) is 4.45. The van der Waals surface area contributed by atoms with E-state index in [1.54, 1.807) is 6.07 Å². The fraction of sp³-hybridized carbons (Fsp3) is 0. The highest BCUT2D eigenvalue weighted by Crippen LogP contribution is 2.35. The Morgan fingerprint density at radius 1 is 0.556 bits per heavy atom. The molecular formula is C23H20N4. The molecule has 4 nitrogen and oxygen atoms in total. The molecule has 0 saturated carbocycles. The van der Waals surface area contributed by atoms with E-state index in [0.29, 0.717) is 11.6 Å². The van der Waals surface area contributed by atoms with Gasteiger partial charge in [-0.25, -0.2) is 4.98 Å². The first kappa shape index (κ1) is 16.7. The molecule has 0 unspecified atom stereocenters. The van der Waals surface area contributed by atoms with E-state index in [9.17, 15) is 0 Å². The summed E-state index contributed by atoms with van der Waals surface area (Å²) in [7, 11) is 0. The molecule has 27 heavy (non-hydrogen) atoms. The Morgan fingerprint density at radius 3 is 1.59 bits per heavy atom. The van der Waals surface area contributed by atoms with Crippen molar-refractivity contribution in [2.75, 3.05) is 16.4 Å². The molecule has 1 aromatic heterocycles. The lowest BCUT2D eigenvalue weighted by atomic mass is 10.1. The van der Waals surface area contributed by atoms with Gasteiger partial charge in [0, 0.05) is 22.6 Å². The van der Waals surface area contributed by atoms with Gasteiger partial charge in [0.05, 0.1) is 0 Å². The molecule has 0 aliphatic carbocycles. The molecule has 0 atom stereocenters. The van der Waals surface area contributed by atoms with E-state index < -0.39 is 0 Å². The van der Waals surface area contributed by atoms with Crippen LogP contribution < -0.4 is 16.4 Å². The molecule has 0 saturated heterocycles. The SMILES string of the molecule is Nc1ccc(-c2ccc(N(c3ccccc3)c3ccccc3)cc2)c(N)n1. The number of rotatable bonds is 4. The van der Waals surface area contributed by atoms with Crippen LogP contribution in [-0.4, -0.2) is 4.98 Å². The minimum atomic E-state index is 0.423. The normalized spacial score (nSPS) is 10.5. The van der Waals surface area contributed by atoms with Crippen molar-refractivity contribution in [3.05, 3.63) is 97.1 Å². The second kappa shape index (κ2) is 7.22. The third-order valence-corrected chi connectivity index (χ3v) is 4.41. The molecule has 0 aliphatic heterocycles. The molecule has 0 bridgehead atoms. The number of anilines is 5. The second-order valence-electron chi connectivity index (χ2n) is 6.22. The van der Waals surface area contributed by atoms with Crippen molar-refractivity contribution >= 4 is 28.7 Å². The Bertz CT molecular complexity index is 989. The number of nitrogens with two attached hydrogens (primary N) is 2. The molecule has 0 radical (unpaired) electrons. The maximum Gasteiger partial charge on any atom is 0.133 e. The van der Waals surface area contributed by atoms with Crippen LogP contribution in [0.15, 0.2) is 97.1 Å². The lowest BCUT2D eigenvalue weighted by molar-refractivity contribution is 1.28. The maximum atomic E-state index is 6.03. The van der Waals surface area contributed by atoms with Gasteiger partial charge < -0.3 is 16.4 Å². The summed E-state index contributed by atoms with van der Waals surface area (Å²) in [6, 6.07) is 32.6. The molecule has 1 heterocycles. The first-order valence-corrected chi connectivity index (χ1v) is 8.75. The quantitative estimate of drug-likeness (QED) is 0.517. The molecule has 4 heteroatoms. The van der Waals surface area contributed by atoms with E-state index in [1.165, 1.54) is 0 Å². The molecule has 4 N–H and O–H groups in total. The van der Waals surface area contributed by atoms with Crippen LogP contribution in [0.3, 0.4) is 0 Å². The number of para-hydroxylation sites is 2. The Balaban J connectivity index is 1.75. The topological polar surface area (TPSA) is 68.2 Å². The zero-order chi connectivity index (χ0) is 18.6. The van der Waals surface area contributed by atoms with Crippen molar-refractivity contribution in [1.82, 2.24) is 4.98 Å². The van der Waals surface area contributed by atoms with Crippen molar-refractivity contribution in [1.29, 1.82) is 0 Å². The number of hydrogen-bond donors (Lipinski definition) is 2. The number of pyridine rings is 1. The number of aromatic nitrogens is 1. The Morgan fingerprint density at radius 2 is 1.07 bits per heavy atom. The summed E-state index contributed by atoms with van der Waals surface area (Å²) in [6.45, 7) is 0. The average molecular weight is 352 g/mol. The minimum absolute atomic E-state index is 0.423. The summed E-state index contributed by atoms with van der Waals surface area (Å²) >= 11 is 0. The smallest absolute Gasteiger partial charge is 0.133 e. The summed E-state index contributed by atoms with van der Waals surface area (Å²) in [5.74, 6) is 0.859. The Labute approximate surface area is 158 Å². The molecule has 4 aromatic rings. The molecule has 4 rings (SSSR count). The van der Waals surface area contributed by atoms with Gasteiger partial charge >= 0.3 is 0 Å². The second-order valence-corrected chi connectivity index (χ2v) is 6.22. The van der Waals surface area contributed by atoms with Crippen molar-refractivity contribution in [3.63, 3.8) is 0 Å². The summed E-state index contributed by atoms with van der Waals surface area (Å²) in [5, 5.41) is 0. The highest BCUT2D eigenvalue weighted by molar-refractivity contribution is 5.80. The largest absolute Gasteiger partial charge is 0.384 e. The lowest BCUT2D eigenvalue weighted by Crippen LogP contribution is -2.09. The standard InChI is InChI=1S/C23H20N4/c24-22-16-15-21(23(25)26-22)17-11-13-20(14-12-17)27(18-7-3-1-4-8-18)19-9-5-2-6-10-19/h1-16H,(H4,24,25,26). The van der Waals surface area contributed by atoms with Gasteiger partial charge in [-0.2, -0.15) is 0 Å². The van der Waals surface area contributed by atoms with Crippen LogP contribution in [0.5, 0.6) is 0 Å². The summed E-state index contributed by atoms with van der Waals surface area (Å²) in [5.41, 5.74) is 16.9. The number of hydrogen-bond acceptors (Lipinski definition) is 4. The van der Waals surface area contributed by atoms with E-state index in [2.05, 4.69) is 58.4 Å². The third kappa shape index (κ3) is 3.46. The van der Waals surface area contributed by atoms with E-state index in [-0.39, 0.29) is 0 Å². The van der Waals surface area contributed by atoms with E-state index in [1.807, 2.05) is 42.5 Å². The summed E-state index contributed by atoms with van der Waals surface area (Å²) in [4.78, 5) is 6.36. The van der Waals surface area contributed by atoms with E-state index >= 15 is 0 Å². The van der Waals surface area contributed by atoms with Crippen molar-refractivity contribution in [2.24, 2.45) is 0 Å². The van der Waals surface area contributed by atoms with Crippen LogP contribution in [0.2, 0.25) is 0 Å². The van der Waals surface area contributed by atoms with E-state index in [4.69, 9.17) is 11.5 Å². The summed E-state index contributed by atoms with van der Waals surface area (Å²) in [6.07, 6.45) is 0. The number of benzene rings is 3.